The van der Waals surface area contributed by atoms with Crippen molar-refractivity contribution >= 4 is 16.5 Å². The molecule has 27 heavy (non-hydrogen) atoms. The summed E-state index contributed by atoms with van der Waals surface area (Å²) in [7, 11) is 0. The second kappa shape index (κ2) is 7.33. The molecule has 1 heterocycles. The molecule has 0 saturated carbocycles. The zero-order chi connectivity index (χ0) is 18.6. The summed E-state index contributed by atoms with van der Waals surface area (Å²) in [5, 5.41) is 2.06. The van der Waals surface area contributed by atoms with Crippen LogP contribution in [0.4, 0.5) is 5.69 Å². The van der Waals surface area contributed by atoms with Gasteiger partial charge >= 0.3 is 0 Å². The third-order valence-electron chi connectivity index (χ3n) is 4.31. The van der Waals surface area contributed by atoms with Crippen LogP contribution in [0, 0.1) is 0 Å². The molecule has 3 aromatic carbocycles. The predicted molar refractivity (Wildman–Crippen MR) is 106 cm³/mol. The minimum Gasteiger partial charge on any atom is -0.437 e. The lowest BCUT2D eigenvalue weighted by molar-refractivity contribution is 0.440. The smallest absolute Gasteiger partial charge is 0.249 e. The van der Waals surface area contributed by atoms with E-state index in [1.807, 2.05) is 66.7 Å². The fraction of sp³-hybridized carbons (Fsp3) is 0.0909. The maximum absolute atomic E-state index is 6.20. The number of nitrogens with two attached hydrogens (primary N) is 1. The van der Waals surface area contributed by atoms with E-state index in [1.165, 1.54) is 11.9 Å². The number of anilines is 1. The topological polar surface area (TPSA) is 70.3 Å². The van der Waals surface area contributed by atoms with Gasteiger partial charge in [-0.1, -0.05) is 55.5 Å². The van der Waals surface area contributed by atoms with Crippen molar-refractivity contribution in [2.24, 2.45) is 0 Å². The molecule has 0 aliphatic carbocycles. The second-order valence-corrected chi connectivity index (χ2v) is 6.08. The lowest BCUT2D eigenvalue weighted by Gasteiger charge is -2.12. The van der Waals surface area contributed by atoms with Crippen molar-refractivity contribution in [3.63, 3.8) is 0 Å². The van der Waals surface area contributed by atoms with Gasteiger partial charge in [0, 0.05) is 5.39 Å². The fourth-order valence-corrected chi connectivity index (χ4v) is 2.82. The number of nitrogen functional groups attached to an aromatic ring is 1. The minimum absolute atomic E-state index is 0.255. The van der Waals surface area contributed by atoms with Crippen molar-refractivity contribution in [3.8, 4) is 23.3 Å². The third kappa shape index (κ3) is 3.53. The second-order valence-electron chi connectivity index (χ2n) is 6.08. The number of aryl methyl sites for hydroxylation is 1. The lowest BCUT2D eigenvalue weighted by atomic mass is 10.1. The molecule has 0 radical (unpaired) electrons. The summed E-state index contributed by atoms with van der Waals surface area (Å²) in [6, 6.07) is 21.6. The third-order valence-corrected chi connectivity index (χ3v) is 4.31. The highest BCUT2D eigenvalue weighted by molar-refractivity contribution is 5.88. The molecule has 5 heteroatoms. The van der Waals surface area contributed by atoms with Crippen molar-refractivity contribution in [3.05, 3.63) is 78.6 Å². The van der Waals surface area contributed by atoms with E-state index >= 15 is 0 Å². The van der Waals surface area contributed by atoms with E-state index < -0.39 is 0 Å². The van der Waals surface area contributed by atoms with Crippen LogP contribution in [0.25, 0.3) is 10.8 Å². The standard InChI is InChI=1S/C22H19N3O2/c1-2-15-10-12-17(13-11-15)26-21-20(23)22(25-14-24-21)27-19-9-5-7-16-6-3-4-8-18(16)19/h3-14H,2,23H2,1H3. The molecule has 0 spiro atoms. The molecular weight excluding hydrogens is 338 g/mol. The highest BCUT2D eigenvalue weighted by Crippen LogP contribution is 2.35. The minimum atomic E-state index is 0.255. The molecule has 4 aromatic rings. The molecule has 0 aliphatic rings. The van der Waals surface area contributed by atoms with Crippen LogP contribution in [-0.4, -0.2) is 9.97 Å². The first-order valence-electron chi connectivity index (χ1n) is 8.77. The molecule has 0 unspecified atom stereocenters. The van der Waals surface area contributed by atoms with E-state index in [4.69, 9.17) is 15.2 Å². The van der Waals surface area contributed by atoms with Crippen molar-refractivity contribution in [1.29, 1.82) is 0 Å². The molecule has 0 bridgehead atoms. The number of ether oxygens (including phenoxy) is 2. The first kappa shape index (κ1) is 16.8. The Morgan fingerprint density at radius 3 is 2.30 bits per heavy atom. The highest BCUT2D eigenvalue weighted by atomic mass is 16.5. The fourth-order valence-electron chi connectivity index (χ4n) is 2.82. The molecule has 0 aliphatic heterocycles. The molecule has 2 N–H and O–H groups in total. The largest absolute Gasteiger partial charge is 0.437 e. The zero-order valence-corrected chi connectivity index (χ0v) is 14.9. The number of aromatic nitrogens is 2. The van der Waals surface area contributed by atoms with Crippen molar-refractivity contribution in [1.82, 2.24) is 9.97 Å². The summed E-state index contributed by atoms with van der Waals surface area (Å²) in [6.07, 6.45) is 2.35. The van der Waals surface area contributed by atoms with E-state index in [0.29, 0.717) is 11.5 Å². The SMILES string of the molecule is CCc1ccc(Oc2ncnc(Oc3cccc4ccccc34)c2N)cc1. The van der Waals surface area contributed by atoms with Gasteiger partial charge in [-0.15, -0.1) is 0 Å². The summed E-state index contributed by atoms with van der Waals surface area (Å²) < 4.78 is 11.8. The molecule has 0 fully saturated rings. The number of hydrogen-bond acceptors (Lipinski definition) is 5. The highest BCUT2D eigenvalue weighted by Gasteiger charge is 2.13. The number of benzene rings is 3. The van der Waals surface area contributed by atoms with Crippen LogP contribution < -0.4 is 15.2 Å². The molecule has 0 atom stereocenters. The van der Waals surface area contributed by atoms with Gasteiger partial charge in [0.15, 0.2) is 5.69 Å². The Morgan fingerprint density at radius 2 is 1.52 bits per heavy atom. The number of fused-ring (bicyclic) bond motifs is 1. The number of rotatable bonds is 5. The molecule has 0 saturated heterocycles. The van der Waals surface area contributed by atoms with Gasteiger partial charge in [0.2, 0.25) is 11.8 Å². The molecule has 4 rings (SSSR count). The van der Waals surface area contributed by atoms with Crippen molar-refractivity contribution < 1.29 is 9.47 Å². The zero-order valence-electron chi connectivity index (χ0n) is 14.9. The Morgan fingerprint density at radius 1 is 0.815 bits per heavy atom. The van der Waals surface area contributed by atoms with Gasteiger partial charge in [-0.05, 0) is 35.6 Å². The summed E-state index contributed by atoms with van der Waals surface area (Å²) in [6.45, 7) is 2.11. The van der Waals surface area contributed by atoms with Crippen LogP contribution >= 0.6 is 0 Å². The van der Waals surface area contributed by atoms with Gasteiger partial charge in [0.05, 0.1) is 0 Å². The van der Waals surface area contributed by atoms with Crippen LogP contribution in [0.3, 0.4) is 0 Å². The Labute approximate surface area is 157 Å². The normalized spacial score (nSPS) is 10.7. The summed E-state index contributed by atoms with van der Waals surface area (Å²) in [5.74, 6) is 1.87. The Hall–Kier alpha value is -3.60. The van der Waals surface area contributed by atoms with Crippen LogP contribution in [-0.2, 0) is 6.42 Å². The first-order valence-corrected chi connectivity index (χ1v) is 8.77. The number of hydrogen-bond donors (Lipinski definition) is 1. The monoisotopic (exact) mass is 357 g/mol. The van der Waals surface area contributed by atoms with E-state index in [1.54, 1.807) is 0 Å². The Kier molecular flexibility index (Phi) is 4.58. The molecule has 1 aromatic heterocycles. The summed E-state index contributed by atoms with van der Waals surface area (Å²) in [5.41, 5.74) is 7.69. The predicted octanol–water partition coefficient (Wildman–Crippen LogP) is 5.36. The summed E-state index contributed by atoms with van der Waals surface area (Å²) >= 11 is 0. The Bertz CT molecular complexity index is 1070. The van der Waals surface area contributed by atoms with Gasteiger partial charge in [-0.2, -0.15) is 9.97 Å². The maximum Gasteiger partial charge on any atom is 0.249 e. The van der Waals surface area contributed by atoms with E-state index in [0.717, 1.165) is 17.2 Å². The maximum atomic E-state index is 6.20. The van der Waals surface area contributed by atoms with Crippen LogP contribution in [0.5, 0.6) is 23.3 Å². The van der Waals surface area contributed by atoms with E-state index in [2.05, 4.69) is 16.9 Å². The summed E-state index contributed by atoms with van der Waals surface area (Å²) in [4.78, 5) is 8.31. The molecule has 134 valence electrons. The van der Waals surface area contributed by atoms with Crippen molar-refractivity contribution in [2.45, 2.75) is 13.3 Å². The van der Waals surface area contributed by atoms with Gasteiger partial charge in [-0.25, -0.2) is 0 Å². The van der Waals surface area contributed by atoms with Crippen LogP contribution in [0.15, 0.2) is 73.1 Å². The van der Waals surface area contributed by atoms with Gasteiger partial charge in [-0.3, -0.25) is 0 Å². The van der Waals surface area contributed by atoms with E-state index in [9.17, 15) is 0 Å². The number of nitrogens with zero attached hydrogens (tertiary/aromatic N) is 2. The quantitative estimate of drug-likeness (QED) is 0.521. The average Bonchev–Trinajstić information content (AvgIpc) is 2.72. The average molecular weight is 357 g/mol. The molecule has 0 amide bonds. The van der Waals surface area contributed by atoms with Crippen LogP contribution in [0.2, 0.25) is 0 Å². The Balaban J connectivity index is 1.63. The molecule has 5 nitrogen and oxygen atoms in total. The van der Waals surface area contributed by atoms with Gasteiger partial charge < -0.3 is 15.2 Å². The van der Waals surface area contributed by atoms with Crippen molar-refractivity contribution in [2.75, 3.05) is 5.73 Å². The lowest BCUT2D eigenvalue weighted by Crippen LogP contribution is -2.00. The van der Waals surface area contributed by atoms with Crippen LogP contribution in [0.1, 0.15) is 12.5 Å². The first-order chi connectivity index (χ1) is 13.2. The van der Waals surface area contributed by atoms with E-state index in [-0.39, 0.29) is 17.4 Å². The molecular formula is C22H19N3O2. The van der Waals surface area contributed by atoms with Gasteiger partial charge in [0.25, 0.3) is 0 Å². The van der Waals surface area contributed by atoms with Gasteiger partial charge in [0.1, 0.15) is 17.8 Å².